The van der Waals surface area contributed by atoms with E-state index in [1.165, 1.54) is 0 Å². The van der Waals surface area contributed by atoms with Crippen LogP contribution in [0.1, 0.15) is 25.3 Å². The minimum Gasteiger partial charge on any atom is -0.508 e. The summed E-state index contributed by atoms with van der Waals surface area (Å²) in [6.07, 6.45) is 1.79. The molecular weight excluding hydrogens is 240 g/mol. The van der Waals surface area contributed by atoms with Crippen LogP contribution in [0.25, 0.3) is 0 Å². The van der Waals surface area contributed by atoms with Gasteiger partial charge in [0.15, 0.2) is 0 Å². The molecule has 104 valence electrons. The van der Waals surface area contributed by atoms with Crippen molar-refractivity contribution in [2.75, 3.05) is 13.6 Å². The van der Waals surface area contributed by atoms with E-state index in [9.17, 15) is 9.90 Å². The van der Waals surface area contributed by atoms with E-state index in [1.54, 1.807) is 17.0 Å². The average molecular weight is 262 g/mol. The topological polar surface area (TPSA) is 52.6 Å². The maximum atomic E-state index is 12.4. The van der Waals surface area contributed by atoms with Gasteiger partial charge in [-0.05, 0) is 32.4 Å². The average Bonchev–Trinajstić information content (AvgIpc) is 2.40. The monoisotopic (exact) mass is 262 g/mol. The van der Waals surface area contributed by atoms with Gasteiger partial charge < -0.3 is 15.3 Å². The second-order valence-corrected chi connectivity index (χ2v) is 5.40. The third-order valence-electron chi connectivity index (χ3n) is 3.75. The van der Waals surface area contributed by atoms with Gasteiger partial charge in [0.2, 0.25) is 5.91 Å². The molecule has 0 aromatic heterocycles. The van der Waals surface area contributed by atoms with Crippen molar-refractivity contribution >= 4 is 5.91 Å². The molecule has 1 saturated heterocycles. The second kappa shape index (κ2) is 6.06. The van der Waals surface area contributed by atoms with Crippen LogP contribution in [0.2, 0.25) is 0 Å². The lowest BCUT2D eigenvalue weighted by molar-refractivity contribution is -0.135. The molecular formula is C15H22N2O2. The fourth-order valence-electron chi connectivity index (χ4n) is 2.65. The van der Waals surface area contributed by atoms with Gasteiger partial charge in [0.25, 0.3) is 0 Å². The second-order valence-electron chi connectivity index (χ2n) is 5.40. The molecule has 1 aliphatic rings. The first-order valence-corrected chi connectivity index (χ1v) is 6.83. The summed E-state index contributed by atoms with van der Waals surface area (Å²) in [6.45, 7) is 3.48. The zero-order valence-electron chi connectivity index (χ0n) is 11.6. The Hall–Kier alpha value is -1.55. The number of nitrogens with one attached hydrogen (secondary N) is 1. The minimum absolute atomic E-state index is 0.104. The molecule has 2 N–H and O–H groups in total. The molecule has 4 nitrogen and oxygen atoms in total. The number of rotatable bonds is 3. The van der Waals surface area contributed by atoms with Crippen LogP contribution in [0.4, 0.5) is 0 Å². The predicted molar refractivity (Wildman–Crippen MR) is 74.8 cm³/mol. The number of amides is 1. The van der Waals surface area contributed by atoms with Gasteiger partial charge in [0.05, 0.1) is 0 Å². The lowest BCUT2D eigenvalue weighted by atomic mass is 9.92. The molecule has 0 radical (unpaired) electrons. The molecule has 0 spiro atoms. The van der Waals surface area contributed by atoms with Gasteiger partial charge in [-0.25, -0.2) is 0 Å². The number of para-hydroxylation sites is 1. The van der Waals surface area contributed by atoms with E-state index >= 15 is 0 Å². The van der Waals surface area contributed by atoms with Crippen molar-refractivity contribution < 1.29 is 9.90 Å². The molecule has 2 unspecified atom stereocenters. The number of carbonyl (C=O) groups excluding carboxylic acids is 1. The third-order valence-corrected chi connectivity index (χ3v) is 3.75. The molecule has 1 aromatic rings. The van der Waals surface area contributed by atoms with Crippen molar-refractivity contribution in [1.82, 2.24) is 10.2 Å². The standard InChI is InChI=1S/C15H22N2O2/c1-11-9-12(7-8-16-11)15(19)17(2)10-13-5-3-4-6-14(13)18/h3-6,11-12,16,18H,7-10H2,1-2H3. The van der Waals surface area contributed by atoms with E-state index in [0.29, 0.717) is 12.6 Å². The summed E-state index contributed by atoms with van der Waals surface area (Å²) in [5.41, 5.74) is 0.792. The summed E-state index contributed by atoms with van der Waals surface area (Å²) < 4.78 is 0. The highest BCUT2D eigenvalue weighted by Gasteiger charge is 2.27. The molecule has 1 aliphatic heterocycles. The Balaban J connectivity index is 1.97. The normalized spacial score (nSPS) is 23.1. The Kier molecular flexibility index (Phi) is 4.43. The summed E-state index contributed by atoms with van der Waals surface area (Å²) in [5.74, 6) is 0.532. The molecule has 1 amide bonds. The number of phenols is 1. The number of benzene rings is 1. The zero-order chi connectivity index (χ0) is 13.8. The SMILES string of the molecule is CC1CC(C(=O)N(C)Cc2ccccc2O)CCN1. The first kappa shape index (κ1) is 13.9. The Labute approximate surface area is 114 Å². The van der Waals surface area contributed by atoms with Crippen molar-refractivity contribution in [2.45, 2.75) is 32.4 Å². The van der Waals surface area contributed by atoms with Crippen molar-refractivity contribution in [3.05, 3.63) is 29.8 Å². The van der Waals surface area contributed by atoms with E-state index < -0.39 is 0 Å². The van der Waals surface area contributed by atoms with Crippen LogP contribution in [0.3, 0.4) is 0 Å². The first-order chi connectivity index (χ1) is 9.08. The lowest BCUT2D eigenvalue weighted by Crippen LogP contribution is -2.42. The van der Waals surface area contributed by atoms with Gasteiger partial charge in [-0.2, -0.15) is 0 Å². The van der Waals surface area contributed by atoms with Crippen LogP contribution in [0.15, 0.2) is 24.3 Å². The van der Waals surface area contributed by atoms with E-state index in [2.05, 4.69) is 12.2 Å². The molecule has 0 saturated carbocycles. The summed E-state index contributed by atoms with van der Waals surface area (Å²) >= 11 is 0. The van der Waals surface area contributed by atoms with Crippen molar-refractivity contribution in [3.8, 4) is 5.75 Å². The fourth-order valence-corrected chi connectivity index (χ4v) is 2.65. The van der Waals surface area contributed by atoms with Crippen LogP contribution in [0, 0.1) is 5.92 Å². The Morgan fingerprint density at radius 3 is 2.89 bits per heavy atom. The van der Waals surface area contributed by atoms with E-state index in [4.69, 9.17) is 0 Å². The number of hydrogen-bond acceptors (Lipinski definition) is 3. The highest BCUT2D eigenvalue weighted by molar-refractivity contribution is 5.78. The van der Waals surface area contributed by atoms with Gasteiger partial charge in [0, 0.05) is 31.1 Å². The zero-order valence-corrected chi connectivity index (χ0v) is 11.6. The van der Waals surface area contributed by atoms with E-state index in [0.717, 1.165) is 24.9 Å². The van der Waals surface area contributed by atoms with Gasteiger partial charge >= 0.3 is 0 Å². The fraction of sp³-hybridized carbons (Fsp3) is 0.533. The molecule has 2 rings (SSSR count). The molecule has 1 fully saturated rings. The number of hydrogen-bond donors (Lipinski definition) is 2. The maximum Gasteiger partial charge on any atom is 0.225 e. The summed E-state index contributed by atoms with van der Waals surface area (Å²) in [7, 11) is 1.81. The van der Waals surface area contributed by atoms with Gasteiger partial charge in [-0.3, -0.25) is 4.79 Å². The molecule has 0 bridgehead atoms. The van der Waals surface area contributed by atoms with Crippen LogP contribution in [-0.4, -0.2) is 35.5 Å². The molecule has 1 heterocycles. The van der Waals surface area contributed by atoms with Crippen LogP contribution < -0.4 is 5.32 Å². The predicted octanol–water partition coefficient (Wildman–Crippen LogP) is 1.74. The Bertz CT molecular complexity index is 448. The molecule has 4 heteroatoms. The summed E-state index contributed by atoms with van der Waals surface area (Å²) in [5, 5.41) is 13.1. The number of nitrogens with zero attached hydrogens (tertiary/aromatic N) is 1. The lowest BCUT2D eigenvalue weighted by Gasteiger charge is -2.30. The van der Waals surface area contributed by atoms with Crippen LogP contribution in [0.5, 0.6) is 5.75 Å². The largest absolute Gasteiger partial charge is 0.508 e. The highest BCUT2D eigenvalue weighted by atomic mass is 16.3. The van der Waals surface area contributed by atoms with Crippen molar-refractivity contribution in [3.63, 3.8) is 0 Å². The van der Waals surface area contributed by atoms with Crippen molar-refractivity contribution in [1.29, 1.82) is 0 Å². The Morgan fingerprint density at radius 2 is 2.21 bits per heavy atom. The van der Waals surface area contributed by atoms with E-state index in [-0.39, 0.29) is 17.6 Å². The molecule has 2 atom stereocenters. The quantitative estimate of drug-likeness (QED) is 0.872. The van der Waals surface area contributed by atoms with Crippen molar-refractivity contribution in [2.24, 2.45) is 5.92 Å². The molecule has 0 aliphatic carbocycles. The maximum absolute atomic E-state index is 12.4. The third kappa shape index (κ3) is 3.47. The highest BCUT2D eigenvalue weighted by Crippen LogP contribution is 2.21. The Morgan fingerprint density at radius 1 is 1.47 bits per heavy atom. The molecule has 1 aromatic carbocycles. The minimum atomic E-state index is 0.104. The number of phenolic OH excluding ortho intramolecular Hbond substituents is 1. The number of carbonyl (C=O) groups is 1. The molecule has 19 heavy (non-hydrogen) atoms. The van der Waals surface area contributed by atoms with Crippen LogP contribution in [-0.2, 0) is 11.3 Å². The number of aromatic hydroxyl groups is 1. The van der Waals surface area contributed by atoms with Gasteiger partial charge in [-0.1, -0.05) is 18.2 Å². The first-order valence-electron chi connectivity index (χ1n) is 6.83. The van der Waals surface area contributed by atoms with Gasteiger partial charge in [-0.15, -0.1) is 0 Å². The summed E-state index contributed by atoms with van der Waals surface area (Å²) in [6, 6.07) is 7.57. The summed E-state index contributed by atoms with van der Waals surface area (Å²) in [4.78, 5) is 14.1. The smallest absolute Gasteiger partial charge is 0.225 e. The van der Waals surface area contributed by atoms with E-state index in [1.807, 2.05) is 19.2 Å². The number of piperidine rings is 1. The van der Waals surface area contributed by atoms with Gasteiger partial charge in [0.1, 0.15) is 5.75 Å². The van der Waals surface area contributed by atoms with Crippen LogP contribution >= 0.6 is 0 Å².